The third-order valence-corrected chi connectivity index (χ3v) is 3.84. The van der Waals surface area contributed by atoms with Gasteiger partial charge in [0.25, 0.3) is 0 Å². The van der Waals surface area contributed by atoms with E-state index in [2.05, 4.69) is 10.6 Å². The molecule has 2 unspecified atom stereocenters. The monoisotopic (exact) mass is 306 g/mol. The summed E-state index contributed by atoms with van der Waals surface area (Å²) in [5, 5.41) is 15.6. The maximum Gasteiger partial charge on any atom is 0.319 e. The average Bonchev–Trinajstić information content (AvgIpc) is 2.44. The van der Waals surface area contributed by atoms with Crippen LogP contribution in [0.25, 0.3) is 0 Å². The second kappa shape index (κ2) is 7.49. The van der Waals surface area contributed by atoms with Gasteiger partial charge in [-0.2, -0.15) is 0 Å². The van der Waals surface area contributed by atoms with Gasteiger partial charge >= 0.3 is 6.03 Å². The third-order valence-electron chi connectivity index (χ3n) is 3.84. The molecule has 0 spiro atoms. The molecule has 0 aliphatic heterocycles. The number of amides is 2. The number of benzene rings is 1. The maximum absolute atomic E-state index is 12.0. The Morgan fingerprint density at radius 3 is 2.68 bits per heavy atom. The molecule has 1 fully saturated rings. The molecule has 2 amide bonds. The molecule has 5 heteroatoms. The zero-order valence-electron chi connectivity index (χ0n) is 13.6. The van der Waals surface area contributed by atoms with Gasteiger partial charge in [0.1, 0.15) is 5.75 Å². The zero-order valence-corrected chi connectivity index (χ0v) is 13.6. The minimum Gasteiger partial charge on any atom is -0.491 e. The van der Waals surface area contributed by atoms with Crippen LogP contribution in [0.3, 0.4) is 0 Å². The Labute approximate surface area is 132 Å². The number of aryl methyl sites for hydroxylation is 1. The van der Waals surface area contributed by atoms with Gasteiger partial charge in [-0.05, 0) is 57.4 Å². The quantitative estimate of drug-likeness (QED) is 0.800. The first-order valence-electron chi connectivity index (χ1n) is 7.98. The first kappa shape index (κ1) is 16.6. The highest BCUT2D eigenvalue weighted by atomic mass is 16.5. The molecule has 1 aliphatic carbocycles. The van der Waals surface area contributed by atoms with E-state index in [1.165, 1.54) is 0 Å². The number of hydrogen-bond acceptors (Lipinski definition) is 3. The SMILES string of the molecule is Cc1cc(NC(=O)NC2CCCCC2O)ccc1OC(C)C. The third kappa shape index (κ3) is 4.63. The molecule has 122 valence electrons. The lowest BCUT2D eigenvalue weighted by Crippen LogP contribution is -2.46. The van der Waals surface area contributed by atoms with Crippen molar-refractivity contribution in [3.63, 3.8) is 0 Å². The van der Waals surface area contributed by atoms with E-state index in [0.717, 1.165) is 42.7 Å². The predicted octanol–water partition coefficient (Wildman–Crippen LogP) is 3.21. The molecular formula is C17H26N2O3. The number of anilines is 1. The number of aliphatic hydroxyl groups is 1. The predicted molar refractivity (Wildman–Crippen MR) is 87.4 cm³/mol. The minimum absolute atomic E-state index is 0.119. The van der Waals surface area contributed by atoms with Crippen LogP contribution in [0, 0.1) is 6.92 Å². The van der Waals surface area contributed by atoms with Gasteiger partial charge in [-0.25, -0.2) is 4.79 Å². The number of ether oxygens (including phenoxy) is 1. The number of carbonyl (C=O) groups is 1. The molecule has 0 aromatic heterocycles. The van der Waals surface area contributed by atoms with Crippen LogP contribution in [-0.2, 0) is 0 Å². The largest absolute Gasteiger partial charge is 0.491 e. The van der Waals surface area contributed by atoms with Gasteiger partial charge in [-0.1, -0.05) is 12.8 Å². The van der Waals surface area contributed by atoms with Crippen molar-refractivity contribution in [3.8, 4) is 5.75 Å². The maximum atomic E-state index is 12.0. The van der Waals surface area contributed by atoms with E-state index in [1.54, 1.807) is 0 Å². The number of aliphatic hydroxyl groups excluding tert-OH is 1. The Morgan fingerprint density at radius 2 is 2.05 bits per heavy atom. The van der Waals surface area contributed by atoms with Crippen molar-refractivity contribution in [2.45, 2.75) is 64.7 Å². The van der Waals surface area contributed by atoms with Crippen LogP contribution in [0.15, 0.2) is 18.2 Å². The van der Waals surface area contributed by atoms with Crippen molar-refractivity contribution >= 4 is 11.7 Å². The van der Waals surface area contributed by atoms with Gasteiger partial charge in [0, 0.05) is 5.69 Å². The van der Waals surface area contributed by atoms with Gasteiger partial charge in [0.2, 0.25) is 0 Å². The number of urea groups is 1. The van der Waals surface area contributed by atoms with E-state index in [9.17, 15) is 9.90 Å². The Balaban J connectivity index is 1.92. The smallest absolute Gasteiger partial charge is 0.319 e. The lowest BCUT2D eigenvalue weighted by Gasteiger charge is -2.28. The fourth-order valence-corrected chi connectivity index (χ4v) is 2.73. The normalized spacial score (nSPS) is 21.5. The van der Waals surface area contributed by atoms with Gasteiger partial charge in [0.05, 0.1) is 18.2 Å². The molecular weight excluding hydrogens is 280 g/mol. The standard InChI is InChI=1S/C17H26N2O3/c1-11(2)22-16-9-8-13(10-12(16)3)18-17(21)19-14-6-4-5-7-15(14)20/h8-11,14-15,20H,4-7H2,1-3H3,(H2,18,19,21). The summed E-state index contributed by atoms with van der Waals surface area (Å²) in [5.74, 6) is 0.823. The van der Waals surface area contributed by atoms with Gasteiger partial charge in [-0.3, -0.25) is 0 Å². The fourth-order valence-electron chi connectivity index (χ4n) is 2.73. The first-order chi connectivity index (χ1) is 10.5. The number of nitrogens with one attached hydrogen (secondary N) is 2. The molecule has 22 heavy (non-hydrogen) atoms. The molecule has 1 saturated carbocycles. The Morgan fingerprint density at radius 1 is 1.32 bits per heavy atom. The summed E-state index contributed by atoms with van der Waals surface area (Å²) in [4.78, 5) is 12.0. The number of rotatable bonds is 4. The molecule has 1 aromatic rings. The van der Waals surface area contributed by atoms with Crippen LogP contribution in [-0.4, -0.2) is 29.4 Å². The number of carbonyl (C=O) groups excluding carboxylic acids is 1. The molecule has 0 saturated heterocycles. The van der Waals surface area contributed by atoms with Crippen molar-refractivity contribution in [1.82, 2.24) is 5.32 Å². The van der Waals surface area contributed by atoms with E-state index in [1.807, 2.05) is 39.0 Å². The van der Waals surface area contributed by atoms with Gasteiger partial charge in [0.15, 0.2) is 0 Å². The molecule has 2 rings (SSSR count). The summed E-state index contributed by atoms with van der Waals surface area (Å²) < 4.78 is 5.68. The zero-order chi connectivity index (χ0) is 16.1. The lowest BCUT2D eigenvalue weighted by atomic mass is 9.93. The molecule has 1 aromatic carbocycles. The summed E-state index contributed by atoms with van der Waals surface area (Å²) in [5.41, 5.74) is 1.70. The highest BCUT2D eigenvalue weighted by molar-refractivity contribution is 5.89. The highest BCUT2D eigenvalue weighted by Crippen LogP contribution is 2.23. The Kier molecular flexibility index (Phi) is 5.66. The van der Waals surface area contributed by atoms with Crippen molar-refractivity contribution in [3.05, 3.63) is 23.8 Å². The van der Waals surface area contributed by atoms with E-state index >= 15 is 0 Å². The van der Waals surface area contributed by atoms with Crippen molar-refractivity contribution in [1.29, 1.82) is 0 Å². The molecule has 3 N–H and O–H groups in total. The minimum atomic E-state index is -0.442. The molecule has 2 atom stereocenters. The van der Waals surface area contributed by atoms with E-state index < -0.39 is 6.10 Å². The Bertz CT molecular complexity index is 517. The van der Waals surface area contributed by atoms with Gasteiger partial charge in [-0.15, -0.1) is 0 Å². The van der Waals surface area contributed by atoms with Crippen LogP contribution < -0.4 is 15.4 Å². The van der Waals surface area contributed by atoms with E-state index in [-0.39, 0.29) is 18.2 Å². The molecule has 1 aliphatic rings. The summed E-state index contributed by atoms with van der Waals surface area (Å²) in [6.45, 7) is 5.91. The summed E-state index contributed by atoms with van der Waals surface area (Å²) >= 11 is 0. The van der Waals surface area contributed by atoms with E-state index in [0.29, 0.717) is 0 Å². The van der Waals surface area contributed by atoms with Crippen molar-refractivity contribution < 1.29 is 14.6 Å². The second-order valence-corrected chi connectivity index (χ2v) is 6.20. The fraction of sp³-hybridized carbons (Fsp3) is 0.588. The summed E-state index contributed by atoms with van der Waals surface area (Å²) in [6.07, 6.45) is 3.33. The van der Waals surface area contributed by atoms with Crippen LogP contribution in [0.1, 0.15) is 45.1 Å². The topological polar surface area (TPSA) is 70.6 Å². The first-order valence-corrected chi connectivity index (χ1v) is 7.98. The van der Waals surface area contributed by atoms with Crippen molar-refractivity contribution in [2.75, 3.05) is 5.32 Å². The highest BCUT2D eigenvalue weighted by Gasteiger charge is 2.24. The average molecular weight is 306 g/mol. The van der Waals surface area contributed by atoms with Crippen LogP contribution >= 0.6 is 0 Å². The van der Waals surface area contributed by atoms with Gasteiger partial charge < -0.3 is 20.5 Å². The van der Waals surface area contributed by atoms with Crippen LogP contribution in [0.2, 0.25) is 0 Å². The second-order valence-electron chi connectivity index (χ2n) is 6.20. The van der Waals surface area contributed by atoms with E-state index in [4.69, 9.17) is 4.74 Å². The summed E-state index contributed by atoms with van der Waals surface area (Å²) in [6, 6.07) is 5.14. The van der Waals surface area contributed by atoms with Crippen LogP contribution in [0.4, 0.5) is 10.5 Å². The molecule has 0 heterocycles. The lowest BCUT2D eigenvalue weighted by molar-refractivity contribution is 0.0955. The van der Waals surface area contributed by atoms with Crippen LogP contribution in [0.5, 0.6) is 5.75 Å². The molecule has 0 radical (unpaired) electrons. The Hall–Kier alpha value is -1.75. The molecule has 5 nitrogen and oxygen atoms in total. The van der Waals surface area contributed by atoms with Crippen molar-refractivity contribution in [2.24, 2.45) is 0 Å². The molecule has 0 bridgehead atoms. The number of hydrogen-bond donors (Lipinski definition) is 3. The summed E-state index contributed by atoms with van der Waals surface area (Å²) in [7, 11) is 0.